The fraction of sp³-hybridized carbons (Fsp3) is 0.652. The topological polar surface area (TPSA) is 0 Å². The first kappa shape index (κ1) is 19.0. The van der Waals surface area contributed by atoms with E-state index in [9.17, 15) is 4.39 Å². The number of halogens is 2. The highest BCUT2D eigenvalue weighted by Crippen LogP contribution is 2.45. The van der Waals surface area contributed by atoms with Gasteiger partial charge in [-0.3, -0.25) is 0 Å². The third kappa shape index (κ3) is 4.30. The van der Waals surface area contributed by atoms with Crippen molar-refractivity contribution in [2.45, 2.75) is 77.0 Å². The Morgan fingerprint density at radius 3 is 2.20 bits per heavy atom. The van der Waals surface area contributed by atoms with Gasteiger partial charge in [0, 0.05) is 0 Å². The van der Waals surface area contributed by atoms with Crippen LogP contribution in [-0.2, 0) is 6.42 Å². The van der Waals surface area contributed by atoms with Gasteiger partial charge in [0.05, 0.1) is 5.02 Å². The lowest BCUT2D eigenvalue weighted by molar-refractivity contribution is 0.171. The first-order valence-electron chi connectivity index (χ1n) is 10.2. The lowest BCUT2D eigenvalue weighted by Gasteiger charge is -2.37. The molecule has 1 aromatic rings. The lowest BCUT2D eigenvalue weighted by Crippen LogP contribution is -2.25. The summed E-state index contributed by atoms with van der Waals surface area (Å²) in [4.78, 5) is 0. The van der Waals surface area contributed by atoms with Crippen molar-refractivity contribution in [2.75, 3.05) is 0 Å². The van der Waals surface area contributed by atoms with Gasteiger partial charge >= 0.3 is 0 Å². The van der Waals surface area contributed by atoms with Crippen LogP contribution in [0.4, 0.5) is 4.39 Å². The summed E-state index contributed by atoms with van der Waals surface area (Å²) < 4.78 is 14.8. The minimum Gasteiger partial charge on any atom is -0.205 e. The number of rotatable bonds is 5. The maximum Gasteiger partial charge on any atom is 0.145 e. The molecule has 0 spiro atoms. The summed E-state index contributed by atoms with van der Waals surface area (Å²) in [5, 5.41) is 0.365. The molecule has 0 aliphatic heterocycles. The summed E-state index contributed by atoms with van der Waals surface area (Å²) in [7, 11) is 0. The number of benzene rings is 1. The van der Waals surface area contributed by atoms with Crippen molar-refractivity contribution in [2.24, 2.45) is 17.8 Å². The molecule has 0 bridgehead atoms. The van der Waals surface area contributed by atoms with E-state index in [0.717, 1.165) is 54.6 Å². The SMILES string of the molecule is C=CC1CCC(C2CCC(c3ccc(CCC)c(Cl)c3F)CC2)CC1. The minimum atomic E-state index is -0.150. The van der Waals surface area contributed by atoms with E-state index in [1.165, 1.54) is 38.5 Å². The zero-order valence-electron chi connectivity index (χ0n) is 15.6. The Bertz CT molecular complexity index is 578. The second-order valence-corrected chi connectivity index (χ2v) is 8.59. The molecule has 2 fully saturated rings. The molecule has 0 unspecified atom stereocenters. The van der Waals surface area contributed by atoms with Gasteiger partial charge in [0.25, 0.3) is 0 Å². The number of hydrogen-bond donors (Lipinski definition) is 0. The van der Waals surface area contributed by atoms with Gasteiger partial charge in [-0.25, -0.2) is 4.39 Å². The molecule has 0 saturated heterocycles. The van der Waals surface area contributed by atoms with E-state index in [2.05, 4.69) is 19.6 Å². The molecular weight excluding hydrogens is 331 g/mol. The molecule has 0 N–H and O–H groups in total. The Hall–Kier alpha value is -0.820. The summed E-state index contributed by atoms with van der Waals surface area (Å²) in [5.74, 6) is 2.68. The van der Waals surface area contributed by atoms with Crippen LogP contribution in [0.5, 0.6) is 0 Å². The van der Waals surface area contributed by atoms with E-state index < -0.39 is 0 Å². The zero-order chi connectivity index (χ0) is 17.8. The molecule has 2 aliphatic carbocycles. The fourth-order valence-corrected chi connectivity index (χ4v) is 5.40. The summed E-state index contributed by atoms with van der Waals surface area (Å²) in [6.45, 7) is 6.06. The van der Waals surface area contributed by atoms with Gasteiger partial charge in [0.15, 0.2) is 0 Å². The predicted octanol–water partition coefficient (Wildman–Crippen LogP) is 7.70. The van der Waals surface area contributed by atoms with Crippen molar-refractivity contribution >= 4 is 11.6 Å². The highest BCUT2D eigenvalue weighted by Gasteiger charge is 2.31. The van der Waals surface area contributed by atoms with E-state index in [1.807, 2.05) is 12.1 Å². The Morgan fingerprint density at radius 2 is 1.64 bits per heavy atom. The molecule has 0 nitrogen and oxygen atoms in total. The highest BCUT2D eigenvalue weighted by molar-refractivity contribution is 6.31. The normalized spacial score (nSPS) is 30.2. The van der Waals surface area contributed by atoms with Crippen molar-refractivity contribution in [3.63, 3.8) is 0 Å². The van der Waals surface area contributed by atoms with E-state index in [1.54, 1.807) is 0 Å². The maximum absolute atomic E-state index is 14.8. The number of aryl methyl sites for hydroxylation is 1. The van der Waals surface area contributed by atoms with Crippen LogP contribution in [0.2, 0.25) is 5.02 Å². The molecular formula is C23H32ClF. The van der Waals surface area contributed by atoms with Gasteiger partial charge in [-0.1, -0.05) is 43.2 Å². The summed E-state index contributed by atoms with van der Waals surface area (Å²) >= 11 is 6.29. The molecule has 0 atom stereocenters. The van der Waals surface area contributed by atoms with Gasteiger partial charge in [-0.15, -0.1) is 6.58 Å². The van der Waals surface area contributed by atoms with E-state index >= 15 is 0 Å². The monoisotopic (exact) mass is 362 g/mol. The number of allylic oxidation sites excluding steroid dienone is 1. The third-order valence-corrected chi connectivity index (χ3v) is 7.15. The van der Waals surface area contributed by atoms with Gasteiger partial charge in [0.1, 0.15) is 5.82 Å². The second-order valence-electron chi connectivity index (χ2n) is 8.21. The average Bonchev–Trinajstić information content (AvgIpc) is 2.66. The minimum absolute atomic E-state index is 0.150. The van der Waals surface area contributed by atoms with Crippen LogP contribution in [0.1, 0.15) is 81.8 Å². The largest absolute Gasteiger partial charge is 0.205 e. The Balaban J connectivity index is 1.59. The quantitative estimate of drug-likeness (QED) is 0.470. The van der Waals surface area contributed by atoms with Crippen LogP contribution in [-0.4, -0.2) is 0 Å². The van der Waals surface area contributed by atoms with E-state index in [4.69, 9.17) is 11.6 Å². The third-order valence-electron chi connectivity index (χ3n) is 6.74. The first-order valence-corrected chi connectivity index (χ1v) is 10.6. The van der Waals surface area contributed by atoms with Crippen LogP contribution in [0.25, 0.3) is 0 Å². The maximum atomic E-state index is 14.8. The predicted molar refractivity (Wildman–Crippen MR) is 106 cm³/mol. The van der Waals surface area contributed by atoms with Crippen LogP contribution in [0.3, 0.4) is 0 Å². The Morgan fingerprint density at radius 1 is 1.04 bits per heavy atom. The molecule has 25 heavy (non-hydrogen) atoms. The van der Waals surface area contributed by atoms with Crippen molar-refractivity contribution in [1.82, 2.24) is 0 Å². The standard InChI is InChI=1S/C23H32ClF/c1-3-5-20-14-15-21(23(25)22(20)24)19-12-10-18(11-13-19)17-8-6-16(4-2)7-9-17/h4,14-19H,2-3,5-13H2,1H3. The van der Waals surface area contributed by atoms with Crippen LogP contribution in [0, 0.1) is 23.6 Å². The molecule has 0 heterocycles. The molecule has 3 rings (SSSR count). The molecule has 1 aromatic carbocycles. The molecule has 0 radical (unpaired) electrons. The van der Waals surface area contributed by atoms with Gasteiger partial charge in [-0.05, 0) is 92.6 Å². The molecule has 0 amide bonds. The Labute approximate surface area is 157 Å². The molecule has 2 aliphatic rings. The van der Waals surface area contributed by atoms with Crippen LogP contribution < -0.4 is 0 Å². The second kappa shape index (κ2) is 8.71. The Kier molecular flexibility index (Phi) is 6.61. The van der Waals surface area contributed by atoms with Crippen molar-refractivity contribution < 1.29 is 4.39 Å². The van der Waals surface area contributed by atoms with Gasteiger partial charge in [0.2, 0.25) is 0 Å². The molecule has 2 heteroatoms. The molecule has 138 valence electrons. The van der Waals surface area contributed by atoms with Crippen molar-refractivity contribution in [1.29, 1.82) is 0 Å². The lowest BCUT2D eigenvalue weighted by atomic mass is 9.68. The van der Waals surface area contributed by atoms with E-state index in [0.29, 0.717) is 10.9 Å². The molecule has 2 saturated carbocycles. The first-order chi connectivity index (χ1) is 12.1. The number of hydrogen-bond acceptors (Lipinski definition) is 0. The zero-order valence-corrected chi connectivity index (χ0v) is 16.3. The van der Waals surface area contributed by atoms with Gasteiger partial charge < -0.3 is 0 Å². The van der Waals surface area contributed by atoms with Crippen LogP contribution in [0.15, 0.2) is 24.8 Å². The molecule has 0 aromatic heterocycles. The summed E-state index contributed by atoms with van der Waals surface area (Å²) in [5.41, 5.74) is 1.82. The van der Waals surface area contributed by atoms with Gasteiger partial charge in [-0.2, -0.15) is 0 Å². The summed E-state index contributed by atoms with van der Waals surface area (Å²) in [6, 6.07) is 4.05. The fourth-order valence-electron chi connectivity index (χ4n) is 5.14. The smallest absolute Gasteiger partial charge is 0.145 e. The highest BCUT2D eigenvalue weighted by atomic mass is 35.5. The van der Waals surface area contributed by atoms with Crippen molar-refractivity contribution in [3.05, 3.63) is 46.8 Å². The summed E-state index contributed by atoms with van der Waals surface area (Å²) in [6.07, 6.45) is 14.1. The van der Waals surface area contributed by atoms with Crippen molar-refractivity contribution in [3.8, 4) is 0 Å². The van der Waals surface area contributed by atoms with E-state index in [-0.39, 0.29) is 5.82 Å². The van der Waals surface area contributed by atoms with Crippen LogP contribution >= 0.6 is 11.6 Å². The average molecular weight is 363 g/mol.